The molecule has 32 heavy (non-hydrogen) atoms. The van der Waals surface area contributed by atoms with E-state index in [1.165, 1.54) is 19.1 Å². The molecule has 0 heterocycles. The molecule has 12 nitrogen and oxygen atoms in total. The first-order valence-electron chi connectivity index (χ1n) is 9.57. The summed E-state index contributed by atoms with van der Waals surface area (Å²) in [6.45, 7) is 1.08. The molecule has 2 N–H and O–H groups in total. The number of hydrogen-bond acceptors (Lipinski definition) is 12. The Balaban J connectivity index is 2.97. The Bertz CT molecular complexity index is 739. The van der Waals surface area contributed by atoms with E-state index in [1.54, 1.807) is 17.0 Å². The van der Waals surface area contributed by atoms with Gasteiger partial charge in [-0.25, -0.2) is 0 Å². The third-order valence-corrected chi connectivity index (χ3v) is 4.45. The van der Waals surface area contributed by atoms with Gasteiger partial charge in [0.1, 0.15) is 13.2 Å². The molecule has 0 unspecified atom stereocenters. The summed E-state index contributed by atoms with van der Waals surface area (Å²) in [7, 11) is 2.42. The number of esters is 2. The molecule has 0 bridgehead atoms. The molecule has 0 amide bonds. The molecule has 0 saturated carbocycles. The van der Waals surface area contributed by atoms with E-state index in [-0.39, 0.29) is 50.7 Å². The second-order valence-corrected chi connectivity index (χ2v) is 6.59. The molecule has 0 aliphatic rings. The van der Waals surface area contributed by atoms with Gasteiger partial charge in [0.2, 0.25) is 0 Å². The van der Waals surface area contributed by atoms with Crippen molar-refractivity contribution >= 4 is 24.9 Å². The number of methoxy groups -OCH3 is 2. The zero-order chi connectivity index (χ0) is 23.9. The first kappa shape index (κ1) is 26.7. The van der Waals surface area contributed by atoms with Crippen molar-refractivity contribution in [1.82, 2.24) is 9.80 Å². The molecule has 0 atom stereocenters. The van der Waals surface area contributed by atoms with E-state index in [0.29, 0.717) is 31.6 Å². The van der Waals surface area contributed by atoms with Gasteiger partial charge in [-0.05, 0) is 0 Å². The van der Waals surface area contributed by atoms with Crippen molar-refractivity contribution < 1.29 is 48.3 Å². The quantitative estimate of drug-likeness (QED) is 0.107. The van der Waals surface area contributed by atoms with E-state index in [9.17, 15) is 29.4 Å². The molecule has 1 rings (SSSR count). The molecule has 0 aliphatic carbocycles. The predicted molar refractivity (Wildman–Crippen MR) is 108 cm³/mol. The third-order valence-electron chi connectivity index (χ3n) is 4.45. The summed E-state index contributed by atoms with van der Waals surface area (Å²) in [6.07, 6.45) is 0. The number of carbonyl (C=O) groups is 4. The fourth-order valence-corrected chi connectivity index (χ4v) is 2.79. The monoisotopic (exact) mass is 456 g/mol. The minimum Gasteiger partial charge on any atom is -0.504 e. The van der Waals surface area contributed by atoms with E-state index >= 15 is 0 Å². The lowest BCUT2D eigenvalue weighted by atomic mass is 10.1. The van der Waals surface area contributed by atoms with Crippen LogP contribution >= 0.6 is 0 Å². The number of benzene rings is 1. The fraction of sp³-hybridized carbons (Fsp3) is 0.500. The maximum atomic E-state index is 11.6. The van der Waals surface area contributed by atoms with E-state index in [1.807, 2.05) is 0 Å². The maximum absolute atomic E-state index is 11.6. The van der Waals surface area contributed by atoms with Crippen LogP contribution in [0.1, 0.15) is 11.1 Å². The number of phenols is 2. The van der Waals surface area contributed by atoms with Crippen molar-refractivity contribution in [3.63, 3.8) is 0 Å². The molecule has 0 fully saturated rings. The van der Waals surface area contributed by atoms with Crippen LogP contribution in [0.15, 0.2) is 12.1 Å². The van der Waals surface area contributed by atoms with Gasteiger partial charge in [0, 0.05) is 37.3 Å². The summed E-state index contributed by atoms with van der Waals surface area (Å²) in [4.78, 5) is 47.1. The molecule has 0 spiro atoms. The Morgan fingerprint density at radius 1 is 0.812 bits per heavy atom. The molecule has 0 aliphatic heterocycles. The van der Waals surface area contributed by atoms with Gasteiger partial charge in [-0.1, -0.05) is 12.1 Å². The highest BCUT2D eigenvalue weighted by Gasteiger charge is 2.20. The molecule has 12 heteroatoms. The van der Waals surface area contributed by atoms with Crippen molar-refractivity contribution in [3.8, 4) is 11.5 Å². The van der Waals surface area contributed by atoms with Crippen LogP contribution in [0.2, 0.25) is 0 Å². The van der Waals surface area contributed by atoms with Crippen LogP contribution in [0.25, 0.3) is 0 Å². The second-order valence-electron chi connectivity index (χ2n) is 6.59. The minimum atomic E-state index is -0.583. The second kappa shape index (κ2) is 14.6. The number of phenolic OH excluding ortho intramolecular Hbond substituents is 2. The van der Waals surface area contributed by atoms with Crippen LogP contribution in [0.4, 0.5) is 0 Å². The average Bonchev–Trinajstić information content (AvgIpc) is 2.78. The van der Waals surface area contributed by atoms with Crippen molar-refractivity contribution in [2.45, 2.75) is 13.1 Å². The highest BCUT2D eigenvalue weighted by Crippen LogP contribution is 2.34. The summed E-state index contributed by atoms with van der Waals surface area (Å²) < 4.78 is 18.6. The van der Waals surface area contributed by atoms with Gasteiger partial charge in [0.25, 0.3) is 12.9 Å². The average molecular weight is 456 g/mol. The molecule has 0 aromatic heterocycles. The topological polar surface area (TPSA) is 152 Å². The summed E-state index contributed by atoms with van der Waals surface area (Å²) in [6, 6.07) is 3.13. The molecule has 1 aromatic rings. The van der Waals surface area contributed by atoms with Crippen molar-refractivity contribution in [2.24, 2.45) is 0 Å². The Morgan fingerprint density at radius 2 is 1.22 bits per heavy atom. The Hall–Kier alpha value is -3.38. The molecule has 178 valence electrons. The summed E-state index contributed by atoms with van der Waals surface area (Å²) >= 11 is 0. The van der Waals surface area contributed by atoms with Gasteiger partial charge in [0.05, 0.1) is 27.3 Å². The number of aromatic hydroxyl groups is 2. The zero-order valence-corrected chi connectivity index (χ0v) is 18.0. The van der Waals surface area contributed by atoms with Gasteiger partial charge in [0.15, 0.2) is 11.5 Å². The number of hydrogen-bond donors (Lipinski definition) is 2. The van der Waals surface area contributed by atoms with Crippen LogP contribution in [0, 0.1) is 0 Å². The first-order chi connectivity index (χ1) is 15.4. The van der Waals surface area contributed by atoms with Gasteiger partial charge >= 0.3 is 11.9 Å². The largest absolute Gasteiger partial charge is 0.504 e. The third kappa shape index (κ3) is 9.18. The van der Waals surface area contributed by atoms with Crippen molar-refractivity contribution in [3.05, 3.63) is 23.3 Å². The normalized spacial score (nSPS) is 10.6. The van der Waals surface area contributed by atoms with E-state index in [4.69, 9.17) is 0 Å². The standard InChI is InChI=1S/C20H28N2O10/c1-29-17(25)11-22(12-18(26)30-2)10-16-4-3-15(19(27)20(16)28)9-21(5-7-31-13-23)6-8-32-14-24/h3-4,13-14,27-28H,5-12H2,1-2H3. The number of carbonyl (C=O) groups excluding carboxylic acids is 4. The lowest BCUT2D eigenvalue weighted by molar-refractivity contribution is -0.146. The summed E-state index contributed by atoms with van der Waals surface area (Å²) in [5.41, 5.74) is 0.648. The van der Waals surface area contributed by atoms with Gasteiger partial charge in [-0.15, -0.1) is 0 Å². The highest BCUT2D eigenvalue weighted by molar-refractivity contribution is 5.74. The zero-order valence-electron chi connectivity index (χ0n) is 18.0. The molecule has 0 radical (unpaired) electrons. The number of rotatable bonds is 16. The summed E-state index contributed by atoms with van der Waals surface area (Å²) in [5, 5.41) is 21.0. The first-order valence-corrected chi connectivity index (χ1v) is 9.57. The van der Waals surface area contributed by atoms with E-state index in [0.717, 1.165) is 0 Å². The van der Waals surface area contributed by atoms with Crippen LogP contribution < -0.4 is 0 Å². The Kier molecular flexibility index (Phi) is 12.2. The van der Waals surface area contributed by atoms with Crippen molar-refractivity contribution in [1.29, 1.82) is 0 Å². The Labute approximate surface area is 185 Å². The smallest absolute Gasteiger partial charge is 0.319 e. The molecular weight excluding hydrogens is 428 g/mol. The SMILES string of the molecule is COC(=O)CN(CC(=O)OC)Cc1ccc(CN(CCOC=O)CCOC=O)c(O)c1O. The van der Waals surface area contributed by atoms with Gasteiger partial charge < -0.3 is 29.2 Å². The molecule has 0 saturated heterocycles. The lowest BCUT2D eigenvalue weighted by Gasteiger charge is -2.23. The predicted octanol–water partition coefficient (Wildman–Crippen LogP) is -0.606. The van der Waals surface area contributed by atoms with Crippen LogP contribution in [0.5, 0.6) is 11.5 Å². The summed E-state index contributed by atoms with van der Waals surface area (Å²) in [5.74, 6) is -1.95. The molecular formula is C20H28N2O10. The fourth-order valence-electron chi connectivity index (χ4n) is 2.79. The van der Waals surface area contributed by atoms with Gasteiger partial charge in [-0.3, -0.25) is 29.0 Å². The number of nitrogens with zero attached hydrogens (tertiary/aromatic N) is 2. The lowest BCUT2D eigenvalue weighted by Crippen LogP contribution is -2.35. The van der Waals surface area contributed by atoms with Crippen molar-refractivity contribution in [2.75, 3.05) is 53.6 Å². The van der Waals surface area contributed by atoms with Gasteiger partial charge in [-0.2, -0.15) is 0 Å². The maximum Gasteiger partial charge on any atom is 0.319 e. The molecule has 1 aromatic carbocycles. The van der Waals surface area contributed by atoms with Crippen LogP contribution in [-0.4, -0.2) is 98.5 Å². The van der Waals surface area contributed by atoms with E-state index in [2.05, 4.69) is 18.9 Å². The highest BCUT2D eigenvalue weighted by atomic mass is 16.5. The minimum absolute atomic E-state index is 0.0338. The number of ether oxygens (including phenoxy) is 4. The van der Waals surface area contributed by atoms with Crippen LogP contribution in [-0.2, 0) is 51.2 Å². The van der Waals surface area contributed by atoms with Crippen LogP contribution in [0.3, 0.4) is 0 Å². The van der Waals surface area contributed by atoms with E-state index < -0.39 is 17.7 Å². The Morgan fingerprint density at radius 3 is 1.59 bits per heavy atom.